The molecule has 1 heterocycles. The smallest absolute Gasteiger partial charge is 0.170 e. The van der Waals surface area contributed by atoms with Gasteiger partial charge in [-0.2, -0.15) is 5.10 Å². The molecule has 0 N–H and O–H groups in total. The first-order chi connectivity index (χ1) is 9.69. The van der Waals surface area contributed by atoms with Crippen molar-refractivity contribution in [3.63, 3.8) is 0 Å². The van der Waals surface area contributed by atoms with Gasteiger partial charge in [-0.05, 0) is 36.2 Å². The summed E-state index contributed by atoms with van der Waals surface area (Å²) < 4.78 is 1.86. The van der Waals surface area contributed by atoms with Crippen LogP contribution in [0.1, 0.15) is 21.6 Å². The molecule has 0 saturated carbocycles. The van der Waals surface area contributed by atoms with Crippen LogP contribution in [0.2, 0.25) is 5.02 Å². The van der Waals surface area contributed by atoms with Crippen molar-refractivity contribution in [1.82, 2.24) is 9.78 Å². The molecular weight excluding hydrogens is 272 g/mol. The lowest BCUT2D eigenvalue weighted by Crippen LogP contribution is -2.03. The summed E-state index contributed by atoms with van der Waals surface area (Å²) in [4.78, 5) is 11.1. The number of benzene rings is 2. The van der Waals surface area contributed by atoms with Crippen LogP contribution in [0.4, 0.5) is 0 Å². The maximum Gasteiger partial charge on any atom is 0.170 e. The molecule has 0 bridgehead atoms. The van der Waals surface area contributed by atoms with Gasteiger partial charge in [-0.25, -0.2) is 0 Å². The second-order valence-corrected chi connectivity index (χ2v) is 5.19. The number of para-hydroxylation sites is 1. The molecule has 0 amide bonds. The summed E-state index contributed by atoms with van der Waals surface area (Å²) >= 11 is 5.97. The Hall–Kier alpha value is -2.13. The first kappa shape index (κ1) is 12.9. The Balaban J connectivity index is 2.09. The lowest BCUT2D eigenvalue weighted by Gasteiger charge is -2.07. The number of hydrogen-bond donors (Lipinski definition) is 0. The number of carbonyl (C=O) groups is 1. The van der Waals surface area contributed by atoms with Crippen LogP contribution in [0, 0.1) is 6.92 Å². The predicted molar refractivity (Wildman–Crippen MR) is 80.4 cm³/mol. The molecule has 0 atom stereocenters. The second-order valence-electron chi connectivity index (χ2n) is 4.75. The van der Waals surface area contributed by atoms with Gasteiger partial charge in [0.05, 0.1) is 12.1 Å². The highest BCUT2D eigenvalue weighted by molar-refractivity contribution is 6.30. The van der Waals surface area contributed by atoms with Gasteiger partial charge in [0.2, 0.25) is 0 Å². The van der Waals surface area contributed by atoms with Crippen LogP contribution in [-0.2, 0) is 6.54 Å². The van der Waals surface area contributed by atoms with Crippen molar-refractivity contribution in [1.29, 1.82) is 0 Å². The number of carbonyl (C=O) groups excluding carboxylic acids is 1. The minimum Gasteiger partial charge on any atom is -0.296 e. The summed E-state index contributed by atoms with van der Waals surface area (Å²) in [6, 6.07) is 13.5. The zero-order valence-corrected chi connectivity index (χ0v) is 11.8. The maximum atomic E-state index is 11.1. The van der Waals surface area contributed by atoms with Gasteiger partial charge in [0.1, 0.15) is 5.69 Å². The molecule has 0 unspecified atom stereocenters. The molecule has 3 nitrogen and oxygen atoms in total. The molecule has 0 radical (unpaired) electrons. The number of fused-ring (bicyclic) bond motifs is 1. The molecule has 0 saturated heterocycles. The fourth-order valence-corrected chi connectivity index (χ4v) is 2.59. The molecule has 3 aromatic rings. The van der Waals surface area contributed by atoms with Crippen molar-refractivity contribution in [2.75, 3.05) is 0 Å². The molecule has 1 aromatic heterocycles. The van der Waals surface area contributed by atoms with Gasteiger partial charge in [-0.15, -0.1) is 0 Å². The molecule has 4 heteroatoms. The Kier molecular flexibility index (Phi) is 3.28. The van der Waals surface area contributed by atoms with Gasteiger partial charge in [0, 0.05) is 10.4 Å². The molecule has 0 spiro atoms. The summed E-state index contributed by atoms with van der Waals surface area (Å²) in [5, 5.41) is 5.99. The van der Waals surface area contributed by atoms with Crippen LogP contribution in [0.25, 0.3) is 10.9 Å². The highest BCUT2D eigenvalue weighted by Gasteiger charge is 2.10. The normalized spacial score (nSPS) is 10.9. The van der Waals surface area contributed by atoms with E-state index in [1.807, 2.05) is 54.1 Å². The first-order valence-corrected chi connectivity index (χ1v) is 6.72. The number of halogens is 1. The summed E-state index contributed by atoms with van der Waals surface area (Å²) in [6.07, 6.45) is 0.799. The highest BCUT2D eigenvalue weighted by Crippen LogP contribution is 2.21. The zero-order chi connectivity index (χ0) is 14.1. The van der Waals surface area contributed by atoms with Crippen molar-refractivity contribution in [3.8, 4) is 0 Å². The monoisotopic (exact) mass is 284 g/mol. The van der Waals surface area contributed by atoms with E-state index in [1.54, 1.807) is 0 Å². The van der Waals surface area contributed by atoms with Crippen LogP contribution in [0.3, 0.4) is 0 Å². The van der Waals surface area contributed by atoms with Crippen molar-refractivity contribution >= 4 is 28.8 Å². The highest BCUT2D eigenvalue weighted by atomic mass is 35.5. The number of nitrogens with zero attached hydrogens (tertiary/aromatic N) is 2. The van der Waals surface area contributed by atoms with Crippen LogP contribution < -0.4 is 0 Å². The van der Waals surface area contributed by atoms with E-state index >= 15 is 0 Å². The molecule has 3 rings (SSSR count). The van der Waals surface area contributed by atoms with Crippen LogP contribution >= 0.6 is 11.6 Å². The number of hydrogen-bond acceptors (Lipinski definition) is 2. The van der Waals surface area contributed by atoms with Gasteiger partial charge in [0.25, 0.3) is 0 Å². The van der Waals surface area contributed by atoms with E-state index in [2.05, 4.69) is 5.10 Å². The van der Waals surface area contributed by atoms with Gasteiger partial charge in [-0.1, -0.05) is 35.9 Å². The number of aromatic nitrogens is 2. The molecule has 20 heavy (non-hydrogen) atoms. The lowest BCUT2D eigenvalue weighted by molar-refractivity contribution is 0.111. The molecular formula is C16H13ClN2O. The Morgan fingerprint density at radius 2 is 2.05 bits per heavy atom. The first-order valence-electron chi connectivity index (χ1n) is 6.35. The fourth-order valence-electron chi connectivity index (χ4n) is 2.36. The van der Waals surface area contributed by atoms with E-state index in [9.17, 15) is 4.79 Å². The van der Waals surface area contributed by atoms with E-state index in [-0.39, 0.29) is 0 Å². The van der Waals surface area contributed by atoms with Crippen molar-refractivity contribution < 1.29 is 4.79 Å². The Labute approximate surface area is 121 Å². The maximum absolute atomic E-state index is 11.1. The van der Waals surface area contributed by atoms with Crippen LogP contribution in [0.5, 0.6) is 0 Å². The van der Waals surface area contributed by atoms with Gasteiger partial charge < -0.3 is 0 Å². The summed E-state index contributed by atoms with van der Waals surface area (Å²) in [7, 11) is 0. The third kappa shape index (κ3) is 2.21. The summed E-state index contributed by atoms with van der Waals surface area (Å²) in [5.74, 6) is 0. The van der Waals surface area contributed by atoms with Crippen LogP contribution in [-0.4, -0.2) is 16.1 Å². The quantitative estimate of drug-likeness (QED) is 0.685. The van der Waals surface area contributed by atoms with Crippen molar-refractivity contribution in [2.24, 2.45) is 0 Å². The number of aldehydes is 1. The summed E-state index contributed by atoms with van der Waals surface area (Å²) in [5.41, 5.74) is 3.70. The standard InChI is InChI=1S/C16H13ClN2O/c1-11-8-13(17)7-6-12(11)9-19-16-5-3-2-4-14(16)15(10-20)18-19/h2-8,10H,9H2,1H3. The SMILES string of the molecule is Cc1cc(Cl)ccc1Cn1nc(C=O)c2ccccc21. The zero-order valence-electron chi connectivity index (χ0n) is 11.0. The van der Waals surface area contributed by atoms with Gasteiger partial charge in [-0.3, -0.25) is 9.48 Å². The average molecular weight is 285 g/mol. The van der Waals surface area contributed by atoms with Gasteiger partial charge in [0.15, 0.2) is 6.29 Å². The minimum atomic E-state index is 0.479. The molecule has 2 aromatic carbocycles. The fraction of sp³-hybridized carbons (Fsp3) is 0.125. The largest absolute Gasteiger partial charge is 0.296 e. The Morgan fingerprint density at radius 3 is 2.80 bits per heavy atom. The summed E-state index contributed by atoms with van der Waals surface area (Å²) in [6.45, 7) is 2.64. The number of rotatable bonds is 3. The van der Waals surface area contributed by atoms with Crippen molar-refractivity contribution in [3.05, 3.63) is 64.3 Å². The molecule has 100 valence electrons. The van der Waals surface area contributed by atoms with E-state index in [1.165, 1.54) is 0 Å². The third-order valence-corrected chi connectivity index (χ3v) is 3.66. The average Bonchev–Trinajstić information content (AvgIpc) is 2.80. The second kappa shape index (κ2) is 5.10. The van der Waals surface area contributed by atoms with Crippen molar-refractivity contribution in [2.45, 2.75) is 13.5 Å². The Bertz CT molecular complexity index is 792. The van der Waals surface area contributed by atoms with E-state index in [0.29, 0.717) is 12.2 Å². The number of aryl methyl sites for hydroxylation is 1. The third-order valence-electron chi connectivity index (χ3n) is 3.42. The van der Waals surface area contributed by atoms with E-state index in [4.69, 9.17) is 11.6 Å². The van der Waals surface area contributed by atoms with Gasteiger partial charge >= 0.3 is 0 Å². The predicted octanol–water partition coefficient (Wildman–Crippen LogP) is 3.86. The molecule has 0 fully saturated rings. The Morgan fingerprint density at radius 1 is 1.25 bits per heavy atom. The lowest BCUT2D eigenvalue weighted by atomic mass is 10.1. The molecule has 0 aliphatic rings. The van der Waals surface area contributed by atoms with E-state index in [0.717, 1.165) is 33.3 Å². The molecule has 0 aliphatic carbocycles. The minimum absolute atomic E-state index is 0.479. The topological polar surface area (TPSA) is 34.9 Å². The van der Waals surface area contributed by atoms with Crippen LogP contribution in [0.15, 0.2) is 42.5 Å². The molecule has 0 aliphatic heterocycles. The van der Waals surface area contributed by atoms with E-state index < -0.39 is 0 Å².